The molecule has 0 unspecified atom stereocenters. The van der Waals surface area contributed by atoms with Crippen molar-refractivity contribution < 1.29 is 4.79 Å². The van der Waals surface area contributed by atoms with E-state index in [0.29, 0.717) is 11.6 Å². The van der Waals surface area contributed by atoms with E-state index in [4.69, 9.17) is 5.73 Å². The zero-order valence-corrected chi connectivity index (χ0v) is 8.23. The van der Waals surface area contributed by atoms with Crippen LogP contribution in [-0.2, 0) is 4.79 Å². The maximum atomic E-state index is 10.5. The molecule has 14 heavy (non-hydrogen) atoms. The number of hydrogen-bond acceptors (Lipinski definition) is 3. The van der Waals surface area contributed by atoms with Gasteiger partial charge in [0, 0.05) is 25.4 Å². The minimum atomic E-state index is 0.208. The molecule has 1 heterocycles. The molecule has 1 fully saturated rings. The minimum Gasteiger partial charge on any atom is -0.397 e. The van der Waals surface area contributed by atoms with E-state index in [9.17, 15) is 4.79 Å². The number of hydrogen-bond donors (Lipinski definition) is 2. The van der Waals surface area contributed by atoms with Gasteiger partial charge in [-0.3, -0.25) is 9.78 Å². The smallest absolute Gasteiger partial charge is 0.222 e. The lowest BCUT2D eigenvalue weighted by Gasteiger charge is -1.89. The number of pyridine rings is 1. The maximum Gasteiger partial charge on any atom is 0.222 e. The fraction of sp³-hybridized carbons (Fsp3) is 0.400. The third-order valence-corrected chi connectivity index (χ3v) is 1.88. The highest BCUT2D eigenvalue weighted by Gasteiger charge is 2.28. The summed E-state index contributed by atoms with van der Waals surface area (Å²) < 4.78 is 0. The van der Waals surface area contributed by atoms with Crippen LogP contribution in [0.25, 0.3) is 0 Å². The second-order valence-electron chi connectivity index (χ2n) is 3.17. The standard InChI is InChI=1S/C5H6N2.C5H9NO/c6-5-2-1-3-7-4-5;1-6-5(7)4-2-3-4/h1-4H,6H2;4H,2-3H2,1H3,(H,6,7). The third-order valence-electron chi connectivity index (χ3n) is 1.88. The number of anilines is 1. The van der Waals surface area contributed by atoms with Crippen LogP contribution in [0.3, 0.4) is 0 Å². The summed E-state index contributed by atoms with van der Waals surface area (Å²) in [7, 11) is 1.68. The minimum absolute atomic E-state index is 0.208. The Morgan fingerprint density at radius 1 is 1.64 bits per heavy atom. The molecule has 4 nitrogen and oxygen atoms in total. The van der Waals surface area contributed by atoms with Crippen LogP contribution in [0.1, 0.15) is 12.8 Å². The van der Waals surface area contributed by atoms with E-state index in [-0.39, 0.29) is 5.91 Å². The molecule has 1 aromatic heterocycles. The molecule has 0 spiro atoms. The van der Waals surface area contributed by atoms with Gasteiger partial charge in [0.2, 0.25) is 5.91 Å². The lowest BCUT2D eigenvalue weighted by Crippen LogP contribution is -2.18. The van der Waals surface area contributed by atoms with Crippen molar-refractivity contribution in [3.05, 3.63) is 24.5 Å². The first kappa shape index (κ1) is 10.5. The van der Waals surface area contributed by atoms with E-state index >= 15 is 0 Å². The molecule has 3 N–H and O–H groups in total. The Balaban J connectivity index is 0.000000140. The van der Waals surface area contributed by atoms with Crippen LogP contribution in [-0.4, -0.2) is 17.9 Å². The van der Waals surface area contributed by atoms with E-state index in [0.717, 1.165) is 12.8 Å². The van der Waals surface area contributed by atoms with Gasteiger partial charge >= 0.3 is 0 Å². The molecule has 2 rings (SSSR count). The molecular formula is C10H15N3O. The van der Waals surface area contributed by atoms with E-state index in [1.165, 1.54) is 0 Å². The van der Waals surface area contributed by atoms with Crippen LogP contribution < -0.4 is 11.1 Å². The molecule has 1 amide bonds. The normalized spacial score (nSPS) is 13.8. The van der Waals surface area contributed by atoms with E-state index in [2.05, 4.69) is 10.3 Å². The zero-order valence-electron chi connectivity index (χ0n) is 8.23. The predicted octanol–water partition coefficient (Wildman–Crippen LogP) is 0.806. The zero-order chi connectivity index (χ0) is 10.4. The molecular weight excluding hydrogens is 178 g/mol. The van der Waals surface area contributed by atoms with Gasteiger partial charge in [0.25, 0.3) is 0 Å². The van der Waals surface area contributed by atoms with Crippen molar-refractivity contribution in [2.45, 2.75) is 12.8 Å². The number of amides is 1. The summed E-state index contributed by atoms with van der Waals surface area (Å²) in [6.07, 6.45) is 5.50. The quantitative estimate of drug-likeness (QED) is 0.693. The van der Waals surface area contributed by atoms with Crippen molar-refractivity contribution in [1.29, 1.82) is 0 Å². The Morgan fingerprint density at radius 2 is 2.36 bits per heavy atom. The molecule has 1 aromatic rings. The van der Waals surface area contributed by atoms with Crippen LogP contribution in [0.2, 0.25) is 0 Å². The SMILES string of the molecule is CNC(=O)C1CC1.Nc1cccnc1. The number of aromatic nitrogens is 1. The molecule has 0 bridgehead atoms. The summed E-state index contributed by atoms with van der Waals surface area (Å²) in [5.41, 5.74) is 6.01. The van der Waals surface area contributed by atoms with Crippen LogP contribution in [0.15, 0.2) is 24.5 Å². The molecule has 1 aliphatic rings. The Labute approximate surface area is 83.5 Å². The van der Waals surface area contributed by atoms with Gasteiger partial charge in [-0.15, -0.1) is 0 Å². The van der Waals surface area contributed by atoms with Gasteiger partial charge in [-0.1, -0.05) is 0 Å². The van der Waals surface area contributed by atoms with Gasteiger partial charge in [0.05, 0.1) is 5.69 Å². The summed E-state index contributed by atoms with van der Waals surface area (Å²) in [6.45, 7) is 0. The summed E-state index contributed by atoms with van der Waals surface area (Å²) in [5.74, 6) is 0.574. The molecule has 0 aromatic carbocycles. The molecule has 0 radical (unpaired) electrons. The Kier molecular flexibility index (Phi) is 3.91. The fourth-order valence-electron chi connectivity index (χ4n) is 0.926. The average molecular weight is 193 g/mol. The molecule has 0 saturated heterocycles. The first-order chi connectivity index (χ1) is 6.74. The molecule has 1 aliphatic carbocycles. The molecule has 76 valence electrons. The Bertz CT molecular complexity index is 283. The lowest BCUT2D eigenvalue weighted by atomic mass is 10.4. The number of carbonyl (C=O) groups is 1. The van der Waals surface area contributed by atoms with Gasteiger partial charge in [0.15, 0.2) is 0 Å². The van der Waals surface area contributed by atoms with Crippen molar-refractivity contribution in [1.82, 2.24) is 10.3 Å². The van der Waals surface area contributed by atoms with Crippen molar-refractivity contribution in [2.75, 3.05) is 12.8 Å². The van der Waals surface area contributed by atoms with E-state index in [1.807, 2.05) is 0 Å². The van der Waals surface area contributed by atoms with Crippen LogP contribution in [0, 0.1) is 5.92 Å². The molecule has 4 heteroatoms. The van der Waals surface area contributed by atoms with Crippen LogP contribution >= 0.6 is 0 Å². The third kappa shape index (κ3) is 3.89. The molecule has 0 aliphatic heterocycles. The van der Waals surface area contributed by atoms with Crippen molar-refractivity contribution in [3.8, 4) is 0 Å². The van der Waals surface area contributed by atoms with Gasteiger partial charge in [-0.25, -0.2) is 0 Å². The predicted molar refractivity (Wildman–Crippen MR) is 55.4 cm³/mol. The number of nitrogens with two attached hydrogens (primary N) is 1. The summed E-state index contributed by atoms with van der Waals surface area (Å²) in [6, 6.07) is 3.60. The van der Waals surface area contributed by atoms with Crippen molar-refractivity contribution in [3.63, 3.8) is 0 Å². The van der Waals surface area contributed by atoms with E-state index < -0.39 is 0 Å². The average Bonchev–Trinajstić information content (AvgIpc) is 3.02. The summed E-state index contributed by atoms with van der Waals surface area (Å²) in [4.78, 5) is 14.2. The second-order valence-corrected chi connectivity index (χ2v) is 3.17. The molecule has 1 saturated carbocycles. The van der Waals surface area contributed by atoms with Gasteiger partial charge in [-0.2, -0.15) is 0 Å². The largest absolute Gasteiger partial charge is 0.397 e. The second kappa shape index (κ2) is 5.21. The van der Waals surface area contributed by atoms with Crippen LogP contribution in [0.4, 0.5) is 5.69 Å². The Morgan fingerprint density at radius 3 is 2.57 bits per heavy atom. The Hall–Kier alpha value is -1.58. The first-order valence-electron chi connectivity index (χ1n) is 4.61. The van der Waals surface area contributed by atoms with Gasteiger partial charge in [-0.05, 0) is 25.0 Å². The first-order valence-corrected chi connectivity index (χ1v) is 4.61. The highest BCUT2D eigenvalue weighted by Crippen LogP contribution is 2.28. The number of carbonyl (C=O) groups excluding carboxylic acids is 1. The molecule has 0 atom stereocenters. The number of rotatable bonds is 1. The number of nitrogens with zero attached hydrogens (tertiary/aromatic N) is 1. The highest BCUT2D eigenvalue weighted by molar-refractivity contribution is 5.80. The topological polar surface area (TPSA) is 68.0 Å². The van der Waals surface area contributed by atoms with Crippen molar-refractivity contribution in [2.24, 2.45) is 5.92 Å². The fourth-order valence-corrected chi connectivity index (χ4v) is 0.926. The monoisotopic (exact) mass is 193 g/mol. The van der Waals surface area contributed by atoms with E-state index in [1.54, 1.807) is 31.6 Å². The number of nitrogens with one attached hydrogen (secondary N) is 1. The maximum absolute atomic E-state index is 10.5. The van der Waals surface area contributed by atoms with Gasteiger partial charge < -0.3 is 11.1 Å². The highest BCUT2D eigenvalue weighted by atomic mass is 16.1. The lowest BCUT2D eigenvalue weighted by molar-refractivity contribution is -0.121. The summed E-state index contributed by atoms with van der Waals surface area (Å²) in [5, 5.41) is 2.59. The van der Waals surface area contributed by atoms with Crippen molar-refractivity contribution >= 4 is 11.6 Å². The van der Waals surface area contributed by atoms with Crippen LogP contribution in [0.5, 0.6) is 0 Å². The van der Waals surface area contributed by atoms with Gasteiger partial charge in [0.1, 0.15) is 0 Å². The summed E-state index contributed by atoms with van der Waals surface area (Å²) >= 11 is 0. The number of nitrogen functional groups attached to an aromatic ring is 1.